The third-order valence-electron chi connectivity index (χ3n) is 2.55. The van der Waals surface area contributed by atoms with Crippen LogP contribution >= 0.6 is 0 Å². The number of methoxy groups -OCH3 is 1. The summed E-state index contributed by atoms with van der Waals surface area (Å²) >= 11 is 0. The average Bonchev–Trinajstić information content (AvgIpc) is 2.64. The largest absolute Gasteiger partial charge is 0.389 e. The quantitative estimate of drug-likeness (QED) is 0.608. The fourth-order valence-corrected chi connectivity index (χ4v) is 1.74. The van der Waals surface area contributed by atoms with Crippen LogP contribution in [0.25, 0.3) is 0 Å². The molecule has 0 aromatic carbocycles. The molecule has 2 unspecified atom stereocenters. The molecule has 1 rings (SSSR count). The number of ether oxygens (including phenoxy) is 1. The summed E-state index contributed by atoms with van der Waals surface area (Å²) in [5.74, 6) is -0.509. The van der Waals surface area contributed by atoms with E-state index in [1.165, 1.54) is 12.0 Å². The first-order chi connectivity index (χ1) is 7.54. The standard InChI is InChI=1S/C10H18N2O4/c1-12(5-8(13)6-16-2)10(15)7-3-9(14)11-4-7/h7-8,13H,3-6H2,1-2H3,(H,11,14). The second-order valence-electron chi connectivity index (χ2n) is 4.03. The van der Waals surface area contributed by atoms with Gasteiger partial charge in [-0.1, -0.05) is 0 Å². The van der Waals surface area contributed by atoms with Gasteiger partial charge in [0.25, 0.3) is 0 Å². The summed E-state index contributed by atoms with van der Waals surface area (Å²) in [6.45, 7) is 0.805. The van der Waals surface area contributed by atoms with Crippen molar-refractivity contribution in [3.05, 3.63) is 0 Å². The van der Waals surface area contributed by atoms with Crippen molar-refractivity contribution < 1.29 is 19.4 Å². The number of carbonyl (C=O) groups is 2. The van der Waals surface area contributed by atoms with Crippen LogP contribution in [0.4, 0.5) is 0 Å². The van der Waals surface area contributed by atoms with E-state index in [4.69, 9.17) is 4.74 Å². The highest BCUT2D eigenvalue weighted by molar-refractivity contribution is 5.89. The van der Waals surface area contributed by atoms with Gasteiger partial charge in [0.1, 0.15) is 0 Å². The van der Waals surface area contributed by atoms with E-state index in [9.17, 15) is 14.7 Å². The number of amides is 2. The number of nitrogens with one attached hydrogen (secondary N) is 1. The summed E-state index contributed by atoms with van der Waals surface area (Å²) in [4.78, 5) is 24.2. The maximum atomic E-state index is 11.8. The Balaban J connectivity index is 2.38. The second kappa shape index (κ2) is 5.81. The second-order valence-corrected chi connectivity index (χ2v) is 4.03. The maximum Gasteiger partial charge on any atom is 0.227 e. The van der Waals surface area contributed by atoms with E-state index in [2.05, 4.69) is 5.32 Å². The van der Waals surface area contributed by atoms with E-state index in [0.717, 1.165) is 0 Å². The van der Waals surface area contributed by atoms with Crippen molar-refractivity contribution in [2.24, 2.45) is 5.92 Å². The highest BCUT2D eigenvalue weighted by Crippen LogP contribution is 2.12. The molecule has 6 nitrogen and oxygen atoms in total. The van der Waals surface area contributed by atoms with Gasteiger partial charge in [-0.25, -0.2) is 0 Å². The average molecular weight is 230 g/mol. The van der Waals surface area contributed by atoms with Crippen LogP contribution in [0.5, 0.6) is 0 Å². The van der Waals surface area contributed by atoms with Gasteiger partial charge in [0, 0.05) is 33.7 Å². The number of aliphatic hydroxyl groups is 1. The van der Waals surface area contributed by atoms with Gasteiger partial charge in [-0.3, -0.25) is 9.59 Å². The number of hydrogen-bond donors (Lipinski definition) is 2. The first kappa shape index (κ1) is 12.9. The molecule has 0 bridgehead atoms. The van der Waals surface area contributed by atoms with E-state index in [0.29, 0.717) is 6.54 Å². The van der Waals surface area contributed by atoms with Gasteiger partial charge in [-0.15, -0.1) is 0 Å². The molecular weight excluding hydrogens is 212 g/mol. The minimum absolute atomic E-state index is 0.0933. The van der Waals surface area contributed by atoms with Crippen LogP contribution in [0.2, 0.25) is 0 Å². The van der Waals surface area contributed by atoms with Gasteiger partial charge in [0.15, 0.2) is 0 Å². The third kappa shape index (κ3) is 3.46. The zero-order chi connectivity index (χ0) is 12.1. The number of hydrogen-bond acceptors (Lipinski definition) is 4. The Bertz CT molecular complexity index is 270. The lowest BCUT2D eigenvalue weighted by Gasteiger charge is -2.22. The molecule has 1 fully saturated rings. The fraction of sp³-hybridized carbons (Fsp3) is 0.800. The number of aliphatic hydroxyl groups excluding tert-OH is 1. The lowest BCUT2D eigenvalue weighted by Crippen LogP contribution is -2.40. The molecule has 2 N–H and O–H groups in total. The van der Waals surface area contributed by atoms with Crippen molar-refractivity contribution >= 4 is 11.8 Å². The lowest BCUT2D eigenvalue weighted by atomic mass is 10.1. The Morgan fingerprint density at radius 3 is 2.94 bits per heavy atom. The lowest BCUT2D eigenvalue weighted by molar-refractivity contribution is -0.136. The minimum Gasteiger partial charge on any atom is -0.389 e. The zero-order valence-electron chi connectivity index (χ0n) is 9.60. The van der Waals surface area contributed by atoms with Gasteiger partial charge in [0.2, 0.25) is 11.8 Å². The Morgan fingerprint density at radius 2 is 2.44 bits per heavy atom. The van der Waals surface area contributed by atoms with Crippen molar-refractivity contribution in [1.29, 1.82) is 0 Å². The molecule has 16 heavy (non-hydrogen) atoms. The molecule has 6 heteroatoms. The van der Waals surface area contributed by atoms with Gasteiger partial charge >= 0.3 is 0 Å². The van der Waals surface area contributed by atoms with Crippen LogP contribution < -0.4 is 5.32 Å². The molecule has 92 valence electrons. The number of likely N-dealkylation sites (N-methyl/N-ethyl adjacent to an activating group) is 1. The molecule has 2 amide bonds. The van der Waals surface area contributed by atoms with E-state index in [-0.39, 0.29) is 37.3 Å². The summed E-state index contributed by atoms with van der Waals surface area (Å²) in [7, 11) is 3.11. The van der Waals surface area contributed by atoms with Gasteiger partial charge in [0.05, 0.1) is 18.6 Å². The predicted molar refractivity (Wildman–Crippen MR) is 56.6 cm³/mol. The molecule has 0 aromatic rings. The summed E-state index contributed by atoms with van der Waals surface area (Å²) in [6.07, 6.45) is -0.451. The number of rotatable bonds is 5. The van der Waals surface area contributed by atoms with Gasteiger partial charge in [-0.05, 0) is 0 Å². The van der Waals surface area contributed by atoms with Crippen molar-refractivity contribution in [2.45, 2.75) is 12.5 Å². The molecule has 2 atom stereocenters. The van der Waals surface area contributed by atoms with Crippen LogP contribution in [0.1, 0.15) is 6.42 Å². The van der Waals surface area contributed by atoms with E-state index >= 15 is 0 Å². The smallest absolute Gasteiger partial charge is 0.227 e. The van der Waals surface area contributed by atoms with E-state index < -0.39 is 6.10 Å². The molecule has 0 aliphatic carbocycles. The Labute approximate surface area is 94.6 Å². The van der Waals surface area contributed by atoms with Crippen LogP contribution in [0.3, 0.4) is 0 Å². The Morgan fingerprint density at radius 1 is 1.75 bits per heavy atom. The van der Waals surface area contributed by atoms with Crippen molar-refractivity contribution in [1.82, 2.24) is 10.2 Å². The van der Waals surface area contributed by atoms with Crippen molar-refractivity contribution in [2.75, 3.05) is 33.9 Å². The zero-order valence-corrected chi connectivity index (χ0v) is 9.60. The van der Waals surface area contributed by atoms with Crippen LogP contribution in [0.15, 0.2) is 0 Å². The predicted octanol–water partition coefficient (Wildman–Crippen LogP) is -1.41. The highest BCUT2D eigenvalue weighted by Gasteiger charge is 2.30. The monoisotopic (exact) mass is 230 g/mol. The van der Waals surface area contributed by atoms with Crippen molar-refractivity contribution in [3.63, 3.8) is 0 Å². The molecule has 1 saturated heterocycles. The first-order valence-corrected chi connectivity index (χ1v) is 5.23. The van der Waals surface area contributed by atoms with Gasteiger partial charge < -0.3 is 20.1 Å². The number of nitrogens with zero attached hydrogens (tertiary/aromatic N) is 1. The Hall–Kier alpha value is -1.14. The van der Waals surface area contributed by atoms with Crippen LogP contribution in [-0.2, 0) is 14.3 Å². The SMILES string of the molecule is COCC(O)CN(C)C(=O)C1CNC(=O)C1. The molecule has 0 radical (unpaired) electrons. The third-order valence-corrected chi connectivity index (χ3v) is 2.55. The highest BCUT2D eigenvalue weighted by atomic mass is 16.5. The Kier molecular flexibility index (Phi) is 4.70. The molecular formula is C10H18N2O4. The summed E-state index contributed by atoms with van der Waals surface area (Å²) < 4.78 is 4.77. The summed E-state index contributed by atoms with van der Waals surface area (Å²) in [6, 6.07) is 0. The maximum absolute atomic E-state index is 11.8. The topological polar surface area (TPSA) is 78.9 Å². The summed E-state index contributed by atoms with van der Waals surface area (Å²) in [5, 5.41) is 12.1. The number of carbonyl (C=O) groups excluding carboxylic acids is 2. The van der Waals surface area contributed by atoms with Crippen LogP contribution in [-0.4, -0.2) is 61.8 Å². The van der Waals surface area contributed by atoms with Crippen molar-refractivity contribution in [3.8, 4) is 0 Å². The molecule has 0 saturated carbocycles. The first-order valence-electron chi connectivity index (χ1n) is 5.23. The van der Waals surface area contributed by atoms with E-state index in [1.807, 2.05) is 0 Å². The van der Waals surface area contributed by atoms with Crippen LogP contribution in [0, 0.1) is 5.92 Å². The molecule has 1 aliphatic rings. The summed E-state index contributed by atoms with van der Waals surface area (Å²) in [5.41, 5.74) is 0. The van der Waals surface area contributed by atoms with E-state index in [1.54, 1.807) is 7.05 Å². The molecule has 0 aromatic heterocycles. The molecule has 1 heterocycles. The molecule has 1 aliphatic heterocycles. The normalized spacial score (nSPS) is 21.7. The minimum atomic E-state index is -0.691. The molecule has 0 spiro atoms. The fourth-order valence-electron chi connectivity index (χ4n) is 1.74. The van der Waals surface area contributed by atoms with Gasteiger partial charge in [-0.2, -0.15) is 0 Å².